The molecule has 1 unspecified atom stereocenters. The number of carbonyl (C=O) groups excluding carboxylic acids is 3. The van der Waals surface area contributed by atoms with Gasteiger partial charge in [0.2, 0.25) is 0 Å². The van der Waals surface area contributed by atoms with E-state index in [1.165, 1.54) is 238 Å². The molecule has 0 aliphatic heterocycles. The van der Waals surface area contributed by atoms with Gasteiger partial charge in [-0.3, -0.25) is 14.4 Å². The van der Waals surface area contributed by atoms with Gasteiger partial charge in [0.25, 0.3) is 0 Å². The summed E-state index contributed by atoms with van der Waals surface area (Å²) in [7, 11) is 0. The highest BCUT2D eigenvalue weighted by Crippen LogP contribution is 2.18. The highest BCUT2D eigenvalue weighted by atomic mass is 16.6. The lowest BCUT2D eigenvalue weighted by Gasteiger charge is -2.18. The van der Waals surface area contributed by atoms with Crippen LogP contribution in [0.1, 0.15) is 367 Å². The lowest BCUT2D eigenvalue weighted by molar-refractivity contribution is -0.167. The number of hydrogen-bond acceptors (Lipinski definition) is 6. The molecule has 0 fully saturated rings. The Hall–Kier alpha value is -2.37. The molecule has 1 atom stereocenters. The quantitative estimate of drug-likeness (QED) is 0.0261. The molecule has 0 amide bonds. The van der Waals surface area contributed by atoms with Crippen LogP contribution in [0.3, 0.4) is 0 Å². The first kappa shape index (κ1) is 72.6. The minimum Gasteiger partial charge on any atom is -0.462 e. The lowest BCUT2D eigenvalue weighted by atomic mass is 10.0. The Morgan fingerprint density at radius 2 is 0.507 bits per heavy atom. The predicted octanol–water partition coefficient (Wildman–Crippen LogP) is 22.8. The van der Waals surface area contributed by atoms with Gasteiger partial charge in [0.05, 0.1) is 0 Å². The summed E-state index contributed by atoms with van der Waals surface area (Å²) in [6, 6.07) is 0. The van der Waals surface area contributed by atoms with Gasteiger partial charge in [-0.15, -0.1) is 0 Å². The zero-order chi connectivity index (χ0) is 54.3. The van der Waals surface area contributed by atoms with Crippen LogP contribution in [-0.2, 0) is 28.6 Å². The minimum atomic E-state index is -0.780. The van der Waals surface area contributed by atoms with Crippen molar-refractivity contribution in [1.29, 1.82) is 0 Å². The highest BCUT2D eigenvalue weighted by Gasteiger charge is 2.19. The fraction of sp³-hybridized carbons (Fsp3) is 0.870. The van der Waals surface area contributed by atoms with Crippen molar-refractivity contribution in [2.75, 3.05) is 13.2 Å². The van der Waals surface area contributed by atoms with Crippen molar-refractivity contribution in [3.63, 3.8) is 0 Å². The Morgan fingerprint density at radius 1 is 0.267 bits per heavy atom. The van der Waals surface area contributed by atoms with Crippen molar-refractivity contribution in [1.82, 2.24) is 0 Å². The second-order valence-electron chi connectivity index (χ2n) is 22.7. The van der Waals surface area contributed by atoms with E-state index in [0.717, 1.165) is 89.9 Å². The van der Waals surface area contributed by atoms with Gasteiger partial charge in [-0.05, 0) is 70.6 Å². The maximum Gasteiger partial charge on any atom is 0.306 e. The van der Waals surface area contributed by atoms with Gasteiger partial charge in [-0.1, -0.05) is 314 Å². The molecule has 0 aliphatic carbocycles. The van der Waals surface area contributed by atoms with E-state index in [9.17, 15) is 14.4 Å². The zero-order valence-corrected chi connectivity index (χ0v) is 50.6. The normalized spacial score (nSPS) is 12.2. The molecule has 0 bridgehead atoms. The van der Waals surface area contributed by atoms with Crippen LogP contribution in [-0.4, -0.2) is 37.2 Å². The molecule has 0 rings (SSSR count). The van der Waals surface area contributed by atoms with Crippen LogP contribution in [0, 0.1) is 0 Å². The van der Waals surface area contributed by atoms with E-state index in [-0.39, 0.29) is 31.1 Å². The standard InChI is InChI=1S/C69H128O6/c1-4-7-10-13-16-19-22-25-27-28-29-30-31-32-33-34-35-36-37-38-39-40-42-44-47-50-53-56-59-62-68(71)74-65-66(64-73-67(70)61-58-55-52-49-46-43-24-21-18-15-12-9-6-3)75-69(72)63-60-57-54-51-48-45-41-26-23-20-17-14-11-8-5-2/h12,15,21,24,26,41,66H,4-11,13-14,16-20,22-23,25,27-40,42-65H2,1-3H3/b15-12-,24-21-,41-26-. The summed E-state index contributed by atoms with van der Waals surface area (Å²) in [5.41, 5.74) is 0. The van der Waals surface area contributed by atoms with Crippen molar-refractivity contribution in [2.45, 2.75) is 374 Å². The first-order chi connectivity index (χ1) is 37.0. The van der Waals surface area contributed by atoms with Crippen LogP contribution >= 0.6 is 0 Å². The summed E-state index contributed by atoms with van der Waals surface area (Å²) in [6.45, 7) is 6.61. The van der Waals surface area contributed by atoms with Crippen molar-refractivity contribution < 1.29 is 28.6 Å². The molecule has 6 heteroatoms. The topological polar surface area (TPSA) is 78.9 Å². The Bertz CT molecular complexity index is 1250. The molecular formula is C69H128O6. The monoisotopic (exact) mass is 1050 g/mol. The van der Waals surface area contributed by atoms with E-state index in [1.54, 1.807) is 0 Å². The summed E-state index contributed by atoms with van der Waals surface area (Å²) < 4.78 is 16.9. The molecule has 0 saturated carbocycles. The van der Waals surface area contributed by atoms with Crippen LogP contribution in [0.25, 0.3) is 0 Å². The zero-order valence-electron chi connectivity index (χ0n) is 50.6. The SMILES string of the molecule is CCC/C=C\C/C=C\CCCCCCCC(=O)OCC(COC(=O)CCCCCCCCCCCCCCCCCCCCCCCCCCCCCCC)OC(=O)CCCCCCC/C=C\CCCCCCCC. The maximum atomic E-state index is 12.9. The van der Waals surface area contributed by atoms with E-state index in [1.807, 2.05) is 0 Å². The van der Waals surface area contributed by atoms with Crippen molar-refractivity contribution in [3.05, 3.63) is 36.5 Å². The van der Waals surface area contributed by atoms with E-state index in [4.69, 9.17) is 14.2 Å². The molecule has 0 aliphatic rings. The largest absolute Gasteiger partial charge is 0.462 e. The second kappa shape index (κ2) is 64.2. The summed E-state index contributed by atoms with van der Waals surface area (Å²) in [4.78, 5) is 38.3. The van der Waals surface area contributed by atoms with Gasteiger partial charge in [0.15, 0.2) is 6.10 Å². The molecule has 6 nitrogen and oxygen atoms in total. The van der Waals surface area contributed by atoms with Crippen LogP contribution < -0.4 is 0 Å². The Kier molecular flexibility index (Phi) is 62.1. The van der Waals surface area contributed by atoms with Gasteiger partial charge in [-0.2, -0.15) is 0 Å². The van der Waals surface area contributed by atoms with Crippen LogP contribution in [0.15, 0.2) is 36.5 Å². The van der Waals surface area contributed by atoms with Crippen molar-refractivity contribution in [2.24, 2.45) is 0 Å². The molecular weight excluding hydrogens is 925 g/mol. The van der Waals surface area contributed by atoms with Gasteiger partial charge in [0, 0.05) is 19.3 Å². The second-order valence-corrected chi connectivity index (χ2v) is 22.7. The first-order valence-electron chi connectivity index (χ1n) is 33.5. The van der Waals surface area contributed by atoms with Gasteiger partial charge >= 0.3 is 17.9 Å². The average Bonchev–Trinajstić information content (AvgIpc) is 3.41. The molecule has 0 aromatic heterocycles. The summed E-state index contributed by atoms with van der Waals surface area (Å²) in [6.07, 6.45) is 78.9. The highest BCUT2D eigenvalue weighted by molar-refractivity contribution is 5.71. The maximum absolute atomic E-state index is 12.9. The van der Waals surface area contributed by atoms with Gasteiger partial charge in [-0.25, -0.2) is 0 Å². The Balaban J connectivity index is 4.15. The number of rotatable bonds is 62. The number of allylic oxidation sites excluding steroid dienone is 6. The molecule has 0 N–H and O–H groups in total. The molecule has 440 valence electrons. The summed E-state index contributed by atoms with van der Waals surface area (Å²) >= 11 is 0. The van der Waals surface area contributed by atoms with Crippen LogP contribution in [0.5, 0.6) is 0 Å². The average molecular weight is 1050 g/mol. The number of carbonyl (C=O) groups is 3. The molecule has 0 aromatic rings. The lowest BCUT2D eigenvalue weighted by Crippen LogP contribution is -2.30. The fourth-order valence-corrected chi connectivity index (χ4v) is 10.1. The van der Waals surface area contributed by atoms with Crippen LogP contribution in [0.2, 0.25) is 0 Å². The molecule has 0 aromatic carbocycles. The molecule has 0 heterocycles. The fourth-order valence-electron chi connectivity index (χ4n) is 10.1. The summed E-state index contributed by atoms with van der Waals surface area (Å²) in [5.74, 6) is -0.878. The number of unbranched alkanes of at least 4 members (excludes halogenated alkanes) is 45. The van der Waals surface area contributed by atoms with E-state index < -0.39 is 6.10 Å². The Morgan fingerprint density at radius 3 is 0.800 bits per heavy atom. The number of ether oxygens (including phenoxy) is 3. The van der Waals surface area contributed by atoms with Crippen molar-refractivity contribution >= 4 is 17.9 Å². The predicted molar refractivity (Wildman–Crippen MR) is 326 cm³/mol. The van der Waals surface area contributed by atoms with E-state index in [2.05, 4.69) is 57.2 Å². The van der Waals surface area contributed by atoms with Crippen LogP contribution in [0.4, 0.5) is 0 Å². The third kappa shape index (κ3) is 62.4. The first-order valence-corrected chi connectivity index (χ1v) is 33.5. The van der Waals surface area contributed by atoms with E-state index in [0.29, 0.717) is 19.3 Å². The molecule has 75 heavy (non-hydrogen) atoms. The van der Waals surface area contributed by atoms with Gasteiger partial charge < -0.3 is 14.2 Å². The molecule has 0 saturated heterocycles. The van der Waals surface area contributed by atoms with E-state index >= 15 is 0 Å². The Labute approximate surface area is 467 Å². The third-order valence-corrected chi connectivity index (χ3v) is 15.1. The smallest absolute Gasteiger partial charge is 0.306 e. The molecule has 0 spiro atoms. The summed E-state index contributed by atoms with van der Waals surface area (Å²) in [5, 5.41) is 0. The minimum absolute atomic E-state index is 0.0761. The van der Waals surface area contributed by atoms with Crippen molar-refractivity contribution in [3.8, 4) is 0 Å². The number of hydrogen-bond donors (Lipinski definition) is 0. The molecule has 0 radical (unpaired) electrons. The number of esters is 3. The third-order valence-electron chi connectivity index (χ3n) is 15.1. The van der Waals surface area contributed by atoms with Gasteiger partial charge in [0.1, 0.15) is 13.2 Å².